The molecule has 0 radical (unpaired) electrons. The smallest absolute Gasteiger partial charge is 0.392 e. The molecule has 1 N–H and O–H groups in total. The van der Waals surface area contributed by atoms with Crippen LogP contribution in [0.2, 0.25) is 0 Å². The number of halogens is 6. The third kappa shape index (κ3) is 2.43. The summed E-state index contributed by atoms with van der Waals surface area (Å²) in [5.74, 6) is -1.92. The number of hydrogen-bond acceptors (Lipinski definition) is 2. The fourth-order valence-electron chi connectivity index (χ4n) is 1.08. The van der Waals surface area contributed by atoms with Gasteiger partial charge in [0.15, 0.2) is 0 Å². The Labute approximate surface area is 85.5 Å². The summed E-state index contributed by atoms with van der Waals surface area (Å²) >= 11 is 0. The van der Waals surface area contributed by atoms with E-state index in [0.29, 0.717) is 0 Å². The van der Waals surface area contributed by atoms with E-state index in [2.05, 4.69) is 4.98 Å². The number of rotatable bonds is 2. The van der Waals surface area contributed by atoms with Crippen molar-refractivity contribution in [2.45, 2.75) is 19.2 Å². The fraction of sp³-hybridized carbons (Fsp3) is 0.375. The average molecular weight is 245 g/mol. The largest absolute Gasteiger partial charge is 0.433 e. The van der Waals surface area contributed by atoms with E-state index in [1.54, 1.807) is 0 Å². The quantitative estimate of drug-likeness (QED) is 0.641. The summed E-state index contributed by atoms with van der Waals surface area (Å²) < 4.78 is 73.7. The monoisotopic (exact) mass is 245 g/mol. The summed E-state index contributed by atoms with van der Waals surface area (Å²) in [5, 5.41) is 8.59. The molecular formula is C8H5F6NO. The molecule has 0 amide bonds. The Morgan fingerprint density at radius 3 is 2.25 bits per heavy atom. The van der Waals surface area contributed by atoms with Gasteiger partial charge in [-0.25, -0.2) is 13.8 Å². The van der Waals surface area contributed by atoms with E-state index in [1.165, 1.54) is 0 Å². The molecule has 1 aromatic heterocycles. The summed E-state index contributed by atoms with van der Waals surface area (Å²) in [6, 6.07) is 0.199. The Morgan fingerprint density at radius 2 is 1.88 bits per heavy atom. The third-order valence-electron chi connectivity index (χ3n) is 1.78. The van der Waals surface area contributed by atoms with Crippen LogP contribution in [0.3, 0.4) is 0 Å². The van der Waals surface area contributed by atoms with Crippen LogP contribution in [0.1, 0.15) is 23.2 Å². The maximum atomic E-state index is 12.9. The lowest BCUT2D eigenvalue weighted by Crippen LogP contribution is -2.13. The molecule has 0 aliphatic heterocycles. The van der Waals surface area contributed by atoms with Crippen LogP contribution in [0.4, 0.5) is 26.3 Å². The van der Waals surface area contributed by atoms with Gasteiger partial charge in [0, 0.05) is 0 Å². The van der Waals surface area contributed by atoms with E-state index in [9.17, 15) is 26.3 Å². The zero-order chi connectivity index (χ0) is 12.5. The second-order valence-corrected chi connectivity index (χ2v) is 2.83. The van der Waals surface area contributed by atoms with E-state index in [1.807, 2.05) is 0 Å². The van der Waals surface area contributed by atoms with Crippen molar-refractivity contribution in [3.63, 3.8) is 0 Å². The fourth-order valence-corrected chi connectivity index (χ4v) is 1.08. The Hall–Kier alpha value is -1.31. The molecule has 0 atom stereocenters. The lowest BCUT2D eigenvalue weighted by Gasteiger charge is -2.11. The first kappa shape index (κ1) is 12.8. The van der Waals surface area contributed by atoms with Crippen LogP contribution in [-0.4, -0.2) is 10.1 Å². The van der Waals surface area contributed by atoms with Crippen molar-refractivity contribution in [3.8, 4) is 0 Å². The molecule has 0 saturated carbocycles. The normalized spacial score (nSPS) is 12.2. The minimum atomic E-state index is -4.95. The second kappa shape index (κ2) is 4.28. The molecule has 0 spiro atoms. The minimum absolute atomic E-state index is 0.199. The van der Waals surface area contributed by atoms with Gasteiger partial charge in [-0.15, -0.1) is 0 Å². The van der Waals surface area contributed by atoms with Gasteiger partial charge in [0.25, 0.3) is 6.43 Å². The summed E-state index contributed by atoms with van der Waals surface area (Å²) in [5.41, 5.74) is -3.79. The van der Waals surface area contributed by atoms with E-state index in [-0.39, 0.29) is 6.07 Å². The Bertz CT molecular complexity index is 389. The standard InChI is InChI=1S/C8H5F6NO/c9-6(10)5-3(2-16)1-4(8(12,13)14)15-7(5)11/h1,6,16H,2H2. The third-order valence-corrected chi connectivity index (χ3v) is 1.78. The second-order valence-electron chi connectivity index (χ2n) is 2.83. The first-order chi connectivity index (χ1) is 7.27. The maximum Gasteiger partial charge on any atom is 0.433 e. The molecule has 1 aromatic rings. The summed E-state index contributed by atoms with van der Waals surface area (Å²) in [7, 11) is 0. The number of hydrogen-bond donors (Lipinski definition) is 1. The van der Waals surface area contributed by atoms with Crippen LogP contribution in [0, 0.1) is 5.95 Å². The van der Waals surface area contributed by atoms with Crippen molar-refractivity contribution in [2.75, 3.05) is 0 Å². The van der Waals surface area contributed by atoms with Gasteiger partial charge in [0.05, 0.1) is 12.2 Å². The molecule has 0 aliphatic carbocycles. The molecule has 0 bridgehead atoms. The molecule has 1 heterocycles. The van der Waals surface area contributed by atoms with Gasteiger partial charge in [0.2, 0.25) is 5.95 Å². The van der Waals surface area contributed by atoms with Gasteiger partial charge in [-0.2, -0.15) is 17.6 Å². The van der Waals surface area contributed by atoms with Crippen LogP contribution < -0.4 is 0 Å². The molecule has 2 nitrogen and oxygen atoms in total. The minimum Gasteiger partial charge on any atom is -0.392 e. The highest BCUT2D eigenvalue weighted by atomic mass is 19.4. The van der Waals surface area contributed by atoms with Gasteiger partial charge in [0.1, 0.15) is 5.69 Å². The Morgan fingerprint density at radius 1 is 1.31 bits per heavy atom. The number of pyridine rings is 1. The molecule has 8 heteroatoms. The number of nitrogens with zero attached hydrogens (tertiary/aromatic N) is 1. The highest BCUT2D eigenvalue weighted by Crippen LogP contribution is 2.32. The van der Waals surface area contributed by atoms with Crippen LogP contribution in [0.5, 0.6) is 0 Å². The van der Waals surface area contributed by atoms with Crippen LogP contribution >= 0.6 is 0 Å². The van der Waals surface area contributed by atoms with Crippen molar-refractivity contribution >= 4 is 0 Å². The summed E-state index contributed by atoms with van der Waals surface area (Å²) in [4.78, 5) is 2.39. The predicted octanol–water partition coefficient (Wildman–Crippen LogP) is 2.67. The average Bonchev–Trinajstić information content (AvgIpc) is 2.14. The molecule has 0 unspecified atom stereocenters. The first-order valence-corrected chi connectivity index (χ1v) is 3.93. The predicted molar refractivity (Wildman–Crippen MR) is 40.1 cm³/mol. The first-order valence-electron chi connectivity index (χ1n) is 3.93. The van der Waals surface area contributed by atoms with Gasteiger partial charge in [-0.05, 0) is 11.6 Å². The Kier molecular flexibility index (Phi) is 3.41. The van der Waals surface area contributed by atoms with Gasteiger partial charge < -0.3 is 5.11 Å². The van der Waals surface area contributed by atoms with Crippen molar-refractivity contribution in [2.24, 2.45) is 0 Å². The number of aliphatic hydroxyl groups is 1. The van der Waals surface area contributed by atoms with Crippen molar-refractivity contribution in [3.05, 3.63) is 28.8 Å². The summed E-state index contributed by atoms with van der Waals surface area (Å²) in [6.07, 6.45) is -8.29. The zero-order valence-electron chi connectivity index (χ0n) is 7.52. The van der Waals surface area contributed by atoms with Crippen molar-refractivity contribution in [1.82, 2.24) is 4.98 Å². The lowest BCUT2D eigenvalue weighted by molar-refractivity contribution is -0.141. The zero-order valence-corrected chi connectivity index (χ0v) is 7.52. The molecule has 0 aromatic carbocycles. The van der Waals surface area contributed by atoms with Crippen LogP contribution in [0.15, 0.2) is 6.07 Å². The van der Waals surface area contributed by atoms with E-state index < -0.39 is 42.0 Å². The molecular weight excluding hydrogens is 240 g/mol. The van der Waals surface area contributed by atoms with Crippen LogP contribution in [-0.2, 0) is 12.8 Å². The van der Waals surface area contributed by atoms with E-state index in [4.69, 9.17) is 5.11 Å². The molecule has 0 aliphatic rings. The lowest BCUT2D eigenvalue weighted by atomic mass is 10.1. The van der Waals surface area contributed by atoms with Crippen LogP contribution in [0.25, 0.3) is 0 Å². The molecule has 0 fully saturated rings. The van der Waals surface area contributed by atoms with Crippen molar-refractivity contribution < 1.29 is 31.4 Å². The summed E-state index contributed by atoms with van der Waals surface area (Å²) in [6.45, 7) is -1.12. The number of aromatic nitrogens is 1. The van der Waals surface area contributed by atoms with E-state index >= 15 is 0 Å². The number of aliphatic hydroxyl groups excluding tert-OH is 1. The SMILES string of the molecule is OCc1cc(C(F)(F)F)nc(F)c1C(F)F. The highest BCUT2D eigenvalue weighted by molar-refractivity contribution is 5.29. The highest BCUT2D eigenvalue weighted by Gasteiger charge is 2.35. The van der Waals surface area contributed by atoms with Gasteiger partial charge in [-0.3, -0.25) is 0 Å². The Balaban J connectivity index is 3.38. The molecule has 16 heavy (non-hydrogen) atoms. The van der Waals surface area contributed by atoms with E-state index in [0.717, 1.165) is 0 Å². The topological polar surface area (TPSA) is 33.1 Å². The van der Waals surface area contributed by atoms with Gasteiger partial charge >= 0.3 is 6.18 Å². The van der Waals surface area contributed by atoms with Crippen molar-refractivity contribution in [1.29, 1.82) is 0 Å². The number of alkyl halides is 5. The maximum absolute atomic E-state index is 12.9. The van der Waals surface area contributed by atoms with Gasteiger partial charge in [-0.1, -0.05) is 0 Å². The molecule has 90 valence electrons. The molecule has 0 saturated heterocycles. The molecule has 1 rings (SSSR count).